The Morgan fingerprint density at radius 2 is 2.10 bits per heavy atom. The summed E-state index contributed by atoms with van der Waals surface area (Å²) in [5.41, 5.74) is 1.43. The maximum atomic E-state index is 9.28. The van der Waals surface area contributed by atoms with Crippen LogP contribution < -0.4 is 4.74 Å². The van der Waals surface area contributed by atoms with Crippen LogP contribution in [0.25, 0.3) is 10.9 Å². The summed E-state index contributed by atoms with van der Waals surface area (Å²) in [6.45, 7) is 2.91. The van der Waals surface area contributed by atoms with E-state index in [2.05, 4.69) is 30.1 Å². The molecule has 1 aliphatic carbocycles. The molecule has 3 rings (SSSR count). The number of para-hydroxylation sites is 1. The molecule has 21 heavy (non-hydrogen) atoms. The molecule has 2 aromatic rings. The zero-order chi connectivity index (χ0) is 14.7. The van der Waals surface area contributed by atoms with Gasteiger partial charge in [-0.2, -0.15) is 5.26 Å². The molecule has 0 aliphatic heterocycles. The highest BCUT2D eigenvalue weighted by Crippen LogP contribution is 2.27. The molecule has 0 radical (unpaired) electrons. The van der Waals surface area contributed by atoms with Gasteiger partial charge in [-0.3, -0.25) is 0 Å². The van der Waals surface area contributed by atoms with Crippen LogP contribution in [0.15, 0.2) is 42.5 Å². The average molecular weight is 278 g/mol. The summed E-state index contributed by atoms with van der Waals surface area (Å²) in [7, 11) is 0. The van der Waals surface area contributed by atoms with Crippen molar-refractivity contribution in [2.45, 2.75) is 19.8 Å². The lowest BCUT2D eigenvalue weighted by atomic mass is 9.85. The number of fused-ring (bicyclic) bond motifs is 1. The Balaban J connectivity index is 1.81. The van der Waals surface area contributed by atoms with Gasteiger partial charge in [-0.25, -0.2) is 4.98 Å². The zero-order valence-electron chi connectivity index (χ0n) is 12.1. The predicted molar refractivity (Wildman–Crippen MR) is 83.0 cm³/mol. The summed E-state index contributed by atoms with van der Waals surface area (Å²) >= 11 is 0. The van der Waals surface area contributed by atoms with Crippen molar-refractivity contribution in [3.05, 3.63) is 48.0 Å². The standard InChI is InChI=1S/C18H18N2O/c1-13-6-2-3-7-14(13)12-21-18-10-15(11-19)16-8-4-5-9-17(16)20-18/h2-5,8-10,13-14H,6-7,12H2,1H3. The van der Waals surface area contributed by atoms with Gasteiger partial charge in [-0.05, 0) is 30.7 Å². The topological polar surface area (TPSA) is 45.9 Å². The van der Waals surface area contributed by atoms with Crippen molar-refractivity contribution in [3.63, 3.8) is 0 Å². The second-order valence-electron chi connectivity index (χ2n) is 5.63. The number of hydrogen-bond donors (Lipinski definition) is 0. The largest absolute Gasteiger partial charge is 0.477 e. The summed E-state index contributed by atoms with van der Waals surface area (Å²) in [6, 6.07) is 11.6. The minimum atomic E-state index is 0.522. The highest BCUT2D eigenvalue weighted by molar-refractivity contribution is 5.85. The van der Waals surface area contributed by atoms with Crippen molar-refractivity contribution < 1.29 is 4.74 Å². The van der Waals surface area contributed by atoms with Gasteiger partial charge in [0.05, 0.1) is 17.7 Å². The number of pyridine rings is 1. The second kappa shape index (κ2) is 5.97. The maximum Gasteiger partial charge on any atom is 0.215 e. The van der Waals surface area contributed by atoms with Crippen LogP contribution in [0, 0.1) is 23.2 Å². The van der Waals surface area contributed by atoms with E-state index >= 15 is 0 Å². The highest BCUT2D eigenvalue weighted by atomic mass is 16.5. The first kappa shape index (κ1) is 13.6. The number of nitrogens with zero attached hydrogens (tertiary/aromatic N) is 2. The summed E-state index contributed by atoms with van der Waals surface area (Å²) in [5, 5.41) is 10.2. The van der Waals surface area contributed by atoms with Crippen molar-refractivity contribution >= 4 is 10.9 Å². The van der Waals surface area contributed by atoms with E-state index in [1.165, 1.54) is 0 Å². The molecule has 0 fully saturated rings. The van der Waals surface area contributed by atoms with Gasteiger partial charge in [0.15, 0.2) is 0 Å². The third-order valence-corrected chi connectivity index (χ3v) is 4.18. The van der Waals surface area contributed by atoms with Crippen molar-refractivity contribution in [2.24, 2.45) is 11.8 Å². The molecular weight excluding hydrogens is 260 g/mol. The van der Waals surface area contributed by atoms with Crippen LogP contribution in [-0.4, -0.2) is 11.6 Å². The lowest BCUT2D eigenvalue weighted by Gasteiger charge is -2.24. The van der Waals surface area contributed by atoms with E-state index in [0.29, 0.717) is 29.9 Å². The molecule has 2 atom stereocenters. The van der Waals surface area contributed by atoms with Crippen LogP contribution in [-0.2, 0) is 0 Å². The van der Waals surface area contributed by atoms with Crippen LogP contribution >= 0.6 is 0 Å². The second-order valence-corrected chi connectivity index (χ2v) is 5.63. The highest BCUT2D eigenvalue weighted by Gasteiger charge is 2.19. The van der Waals surface area contributed by atoms with Gasteiger partial charge in [0.1, 0.15) is 6.07 Å². The van der Waals surface area contributed by atoms with Crippen LogP contribution in [0.3, 0.4) is 0 Å². The van der Waals surface area contributed by atoms with Crippen LogP contribution in [0.4, 0.5) is 0 Å². The third-order valence-electron chi connectivity index (χ3n) is 4.18. The molecule has 106 valence electrons. The van der Waals surface area contributed by atoms with E-state index in [9.17, 15) is 5.26 Å². The van der Waals surface area contributed by atoms with Gasteiger partial charge < -0.3 is 4.74 Å². The van der Waals surface area contributed by atoms with E-state index in [1.54, 1.807) is 6.07 Å². The van der Waals surface area contributed by atoms with Crippen LogP contribution in [0.1, 0.15) is 25.3 Å². The van der Waals surface area contributed by atoms with Gasteiger partial charge in [0.2, 0.25) is 5.88 Å². The molecule has 0 amide bonds. The minimum Gasteiger partial charge on any atom is -0.477 e. The number of benzene rings is 1. The van der Waals surface area contributed by atoms with Crippen LogP contribution in [0.2, 0.25) is 0 Å². The Labute approximate surface area is 124 Å². The van der Waals surface area contributed by atoms with Gasteiger partial charge in [-0.1, -0.05) is 37.3 Å². The Kier molecular flexibility index (Phi) is 3.87. The van der Waals surface area contributed by atoms with Gasteiger partial charge in [0.25, 0.3) is 0 Å². The van der Waals surface area contributed by atoms with E-state index in [4.69, 9.17) is 4.74 Å². The van der Waals surface area contributed by atoms with E-state index in [-0.39, 0.29) is 0 Å². The van der Waals surface area contributed by atoms with Gasteiger partial charge in [0, 0.05) is 11.5 Å². The smallest absolute Gasteiger partial charge is 0.215 e. The predicted octanol–water partition coefficient (Wildman–Crippen LogP) is 4.09. The molecule has 0 bridgehead atoms. The Morgan fingerprint density at radius 3 is 2.90 bits per heavy atom. The molecule has 3 nitrogen and oxygen atoms in total. The number of rotatable bonds is 3. The fourth-order valence-corrected chi connectivity index (χ4v) is 2.75. The molecule has 1 aliphatic rings. The Bertz CT molecular complexity index is 715. The Hall–Kier alpha value is -2.34. The van der Waals surface area contributed by atoms with E-state index in [0.717, 1.165) is 23.7 Å². The lowest BCUT2D eigenvalue weighted by Crippen LogP contribution is -2.21. The lowest BCUT2D eigenvalue weighted by molar-refractivity contribution is 0.193. The molecule has 0 saturated heterocycles. The molecule has 0 N–H and O–H groups in total. The minimum absolute atomic E-state index is 0.522. The molecule has 1 aromatic carbocycles. The average Bonchev–Trinajstić information content (AvgIpc) is 2.53. The SMILES string of the molecule is CC1CC=CCC1COc1cc(C#N)c2ccccc2n1. The third kappa shape index (κ3) is 2.90. The van der Waals surface area contributed by atoms with Gasteiger partial charge >= 0.3 is 0 Å². The Morgan fingerprint density at radius 1 is 1.29 bits per heavy atom. The molecular formula is C18H18N2O. The van der Waals surface area contributed by atoms with Crippen molar-refractivity contribution in [2.75, 3.05) is 6.61 Å². The molecule has 1 heterocycles. The molecule has 3 heteroatoms. The summed E-state index contributed by atoms with van der Waals surface area (Å²) < 4.78 is 5.87. The zero-order valence-corrected chi connectivity index (χ0v) is 12.1. The molecule has 0 spiro atoms. The fourth-order valence-electron chi connectivity index (χ4n) is 2.75. The van der Waals surface area contributed by atoms with Crippen molar-refractivity contribution in [3.8, 4) is 11.9 Å². The summed E-state index contributed by atoms with van der Waals surface area (Å²) in [4.78, 5) is 4.50. The first-order valence-electron chi connectivity index (χ1n) is 7.35. The maximum absolute atomic E-state index is 9.28. The molecule has 1 aromatic heterocycles. The van der Waals surface area contributed by atoms with Crippen molar-refractivity contribution in [1.82, 2.24) is 4.98 Å². The fraction of sp³-hybridized carbons (Fsp3) is 0.333. The monoisotopic (exact) mass is 278 g/mol. The normalized spacial score (nSPS) is 21.1. The first-order valence-corrected chi connectivity index (χ1v) is 7.35. The quantitative estimate of drug-likeness (QED) is 0.794. The number of hydrogen-bond acceptors (Lipinski definition) is 3. The van der Waals surface area contributed by atoms with Crippen molar-refractivity contribution in [1.29, 1.82) is 5.26 Å². The molecule has 0 saturated carbocycles. The number of nitriles is 1. The first-order chi connectivity index (χ1) is 10.3. The van der Waals surface area contributed by atoms with Gasteiger partial charge in [-0.15, -0.1) is 0 Å². The van der Waals surface area contributed by atoms with Crippen LogP contribution in [0.5, 0.6) is 5.88 Å². The van der Waals surface area contributed by atoms with E-state index < -0.39 is 0 Å². The van der Waals surface area contributed by atoms with E-state index in [1.807, 2.05) is 24.3 Å². The number of ether oxygens (including phenoxy) is 1. The number of aromatic nitrogens is 1. The number of allylic oxidation sites excluding steroid dienone is 2. The summed E-state index contributed by atoms with van der Waals surface area (Å²) in [5.74, 6) is 1.70. The summed E-state index contributed by atoms with van der Waals surface area (Å²) in [6.07, 6.45) is 6.63. The molecule has 2 unspecified atom stereocenters.